The van der Waals surface area contributed by atoms with Gasteiger partial charge in [0, 0.05) is 19.7 Å². The van der Waals surface area contributed by atoms with Crippen LogP contribution in [-0.4, -0.2) is 36.6 Å². The van der Waals surface area contributed by atoms with Crippen LogP contribution < -0.4 is 0 Å². The summed E-state index contributed by atoms with van der Waals surface area (Å²) in [7, 11) is 0. The zero-order chi connectivity index (χ0) is 13.2. The quantitative estimate of drug-likeness (QED) is 0.769. The Balaban J connectivity index is 1.98. The van der Waals surface area contributed by atoms with E-state index < -0.39 is 5.41 Å². The molecule has 1 amide bonds. The van der Waals surface area contributed by atoms with Gasteiger partial charge in [-0.05, 0) is 38.5 Å². The second-order valence-corrected chi connectivity index (χ2v) is 5.68. The minimum Gasteiger partial charge on any atom is -0.377 e. The number of amides is 1. The summed E-state index contributed by atoms with van der Waals surface area (Å²) in [5.74, 6) is 0.536. The smallest absolute Gasteiger partial charge is 0.243 e. The lowest BCUT2D eigenvalue weighted by atomic mass is 9.62. The predicted molar refractivity (Wildman–Crippen MR) is 67.7 cm³/mol. The molecule has 0 spiro atoms. The highest BCUT2D eigenvalue weighted by atomic mass is 16.5. The van der Waals surface area contributed by atoms with Crippen LogP contribution in [0.3, 0.4) is 0 Å². The monoisotopic (exact) mass is 250 g/mol. The molecular weight excluding hydrogens is 228 g/mol. The average molecular weight is 250 g/mol. The lowest BCUT2D eigenvalue weighted by Crippen LogP contribution is -2.53. The summed E-state index contributed by atoms with van der Waals surface area (Å²) in [6.07, 6.45) is 3.60. The third kappa shape index (κ3) is 2.37. The molecule has 2 fully saturated rings. The van der Waals surface area contributed by atoms with Crippen LogP contribution in [0.4, 0.5) is 0 Å². The molecule has 0 aromatic carbocycles. The molecule has 4 nitrogen and oxygen atoms in total. The van der Waals surface area contributed by atoms with Gasteiger partial charge in [0.25, 0.3) is 0 Å². The van der Waals surface area contributed by atoms with Crippen LogP contribution in [0.15, 0.2) is 0 Å². The normalized spacial score (nSPS) is 35.7. The molecule has 0 radical (unpaired) electrons. The molecule has 0 bridgehead atoms. The van der Waals surface area contributed by atoms with Gasteiger partial charge in [-0.15, -0.1) is 0 Å². The molecule has 0 aromatic rings. The highest BCUT2D eigenvalue weighted by Crippen LogP contribution is 2.46. The minimum atomic E-state index is -0.729. The molecule has 1 saturated carbocycles. The van der Waals surface area contributed by atoms with E-state index in [2.05, 4.69) is 13.0 Å². The van der Waals surface area contributed by atoms with Crippen LogP contribution in [0.5, 0.6) is 0 Å². The zero-order valence-electron chi connectivity index (χ0n) is 11.3. The van der Waals surface area contributed by atoms with Crippen molar-refractivity contribution in [2.45, 2.75) is 45.6 Å². The highest BCUT2D eigenvalue weighted by molar-refractivity contribution is 5.86. The summed E-state index contributed by atoms with van der Waals surface area (Å²) >= 11 is 0. The number of carbonyl (C=O) groups is 1. The lowest BCUT2D eigenvalue weighted by molar-refractivity contribution is -0.149. The molecule has 1 unspecified atom stereocenters. The van der Waals surface area contributed by atoms with E-state index in [0.29, 0.717) is 19.1 Å². The SMILES string of the molecule is CCOC1CCCN(C(=O)C2(C#N)CC(C)C2)C1. The molecule has 4 heteroatoms. The Morgan fingerprint density at radius 2 is 2.28 bits per heavy atom. The van der Waals surface area contributed by atoms with Gasteiger partial charge in [0.05, 0.1) is 12.2 Å². The molecule has 2 rings (SSSR count). The molecular formula is C14H22N2O2. The number of ether oxygens (including phenoxy) is 1. The van der Waals surface area contributed by atoms with Crippen LogP contribution in [0.2, 0.25) is 0 Å². The molecule has 18 heavy (non-hydrogen) atoms. The minimum absolute atomic E-state index is 0.0347. The Labute approximate surface area is 109 Å². The van der Waals surface area contributed by atoms with Crippen molar-refractivity contribution in [2.24, 2.45) is 11.3 Å². The molecule has 1 aliphatic carbocycles. The second-order valence-electron chi connectivity index (χ2n) is 5.68. The number of likely N-dealkylation sites (tertiary alicyclic amines) is 1. The van der Waals surface area contributed by atoms with Gasteiger partial charge in [-0.3, -0.25) is 4.79 Å². The van der Waals surface area contributed by atoms with Crippen molar-refractivity contribution < 1.29 is 9.53 Å². The van der Waals surface area contributed by atoms with E-state index in [1.165, 1.54) is 0 Å². The number of hydrogen-bond donors (Lipinski definition) is 0. The van der Waals surface area contributed by atoms with Crippen molar-refractivity contribution in [2.75, 3.05) is 19.7 Å². The van der Waals surface area contributed by atoms with Crippen LogP contribution in [0.25, 0.3) is 0 Å². The first kappa shape index (κ1) is 13.4. The maximum atomic E-state index is 12.5. The first-order valence-electron chi connectivity index (χ1n) is 6.93. The number of nitriles is 1. The Kier molecular flexibility index (Phi) is 3.91. The molecule has 0 N–H and O–H groups in total. The summed E-state index contributed by atoms with van der Waals surface area (Å²) in [5.41, 5.74) is -0.729. The van der Waals surface area contributed by atoms with E-state index >= 15 is 0 Å². The van der Waals surface area contributed by atoms with Crippen molar-refractivity contribution in [1.29, 1.82) is 5.26 Å². The largest absolute Gasteiger partial charge is 0.377 e. The Morgan fingerprint density at radius 3 is 2.83 bits per heavy atom. The number of piperidine rings is 1. The van der Waals surface area contributed by atoms with E-state index in [4.69, 9.17) is 4.74 Å². The van der Waals surface area contributed by atoms with Crippen LogP contribution in [0.1, 0.15) is 39.5 Å². The third-order valence-electron chi connectivity index (χ3n) is 4.08. The van der Waals surface area contributed by atoms with Crippen molar-refractivity contribution in [3.63, 3.8) is 0 Å². The average Bonchev–Trinajstić information content (AvgIpc) is 2.35. The standard InChI is InChI=1S/C14H22N2O2/c1-3-18-12-5-4-6-16(9-12)13(17)14(10-15)7-11(2)8-14/h11-12H,3-9H2,1-2H3. The zero-order valence-corrected chi connectivity index (χ0v) is 11.3. The Morgan fingerprint density at radius 1 is 1.56 bits per heavy atom. The van der Waals surface area contributed by atoms with Gasteiger partial charge in [0.15, 0.2) is 0 Å². The maximum absolute atomic E-state index is 12.5. The summed E-state index contributed by atoms with van der Waals surface area (Å²) in [4.78, 5) is 14.3. The van der Waals surface area contributed by atoms with Gasteiger partial charge >= 0.3 is 0 Å². The Hall–Kier alpha value is -1.08. The molecule has 1 atom stereocenters. The van der Waals surface area contributed by atoms with Crippen LogP contribution in [0, 0.1) is 22.7 Å². The van der Waals surface area contributed by atoms with Crippen molar-refractivity contribution >= 4 is 5.91 Å². The van der Waals surface area contributed by atoms with Crippen molar-refractivity contribution in [3.8, 4) is 6.07 Å². The van der Waals surface area contributed by atoms with Crippen molar-refractivity contribution in [1.82, 2.24) is 4.90 Å². The fourth-order valence-corrected chi connectivity index (χ4v) is 3.24. The van der Waals surface area contributed by atoms with Gasteiger partial charge in [-0.2, -0.15) is 5.26 Å². The number of hydrogen-bond acceptors (Lipinski definition) is 3. The number of rotatable bonds is 3. The van der Waals surface area contributed by atoms with Crippen LogP contribution in [-0.2, 0) is 9.53 Å². The third-order valence-corrected chi connectivity index (χ3v) is 4.08. The fourth-order valence-electron chi connectivity index (χ4n) is 3.24. The van der Waals surface area contributed by atoms with E-state index in [1.807, 2.05) is 11.8 Å². The summed E-state index contributed by atoms with van der Waals surface area (Å²) in [6, 6.07) is 2.26. The molecule has 1 aliphatic heterocycles. The van der Waals surface area contributed by atoms with Gasteiger partial charge in [-0.25, -0.2) is 0 Å². The summed E-state index contributed by atoms with van der Waals surface area (Å²) in [5, 5.41) is 9.30. The molecule has 1 saturated heterocycles. The first-order valence-corrected chi connectivity index (χ1v) is 6.93. The van der Waals surface area contributed by atoms with Gasteiger partial charge in [0.1, 0.15) is 5.41 Å². The van der Waals surface area contributed by atoms with E-state index in [1.54, 1.807) is 0 Å². The second kappa shape index (κ2) is 5.27. The first-order chi connectivity index (χ1) is 8.61. The molecule has 2 aliphatic rings. The predicted octanol–water partition coefficient (Wildman–Crippen LogP) is 1.95. The number of carbonyl (C=O) groups excluding carboxylic acids is 1. The van der Waals surface area contributed by atoms with Gasteiger partial charge in [0.2, 0.25) is 5.91 Å². The molecule has 1 heterocycles. The van der Waals surface area contributed by atoms with E-state index in [-0.39, 0.29) is 12.0 Å². The van der Waals surface area contributed by atoms with Gasteiger partial charge in [-0.1, -0.05) is 6.92 Å². The maximum Gasteiger partial charge on any atom is 0.243 e. The number of nitrogens with zero attached hydrogens (tertiary/aromatic N) is 2. The van der Waals surface area contributed by atoms with Crippen LogP contribution >= 0.6 is 0 Å². The fraction of sp³-hybridized carbons (Fsp3) is 0.857. The summed E-state index contributed by atoms with van der Waals surface area (Å²) in [6.45, 7) is 6.20. The Bertz CT molecular complexity index is 353. The van der Waals surface area contributed by atoms with E-state index in [9.17, 15) is 10.1 Å². The lowest BCUT2D eigenvalue weighted by Gasteiger charge is -2.44. The topological polar surface area (TPSA) is 53.3 Å². The summed E-state index contributed by atoms with van der Waals surface area (Å²) < 4.78 is 5.61. The van der Waals surface area contributed by atoms with E-state index in [0.717, 1.165) is 32.2 Å². The molecule has 0 aromatic heterocycles. The highest BCUT2D eigenvalue weighted by Gasteiger charge is 2.51. The van der Waals surface area contributed by atoms with Gasteiger partial charge < -0.3 is 9.64 Å². The van der Waals surface area contributed by atoms with Crippen molar-refractivity contribution in [3.05, 3.63) is 0 Å². The molecule has 100 valence electrons.